The van der Waals surface area contributed by atoms with Gasteiger partial charge in [0.05, 0.1) is 41.4 Å². The Bertz CT molecular complexity index is 3160. The van der Waals surface area contributed by atoms with Crippen LogP contribution in [0.5, 0.6) is 23.0 Å². The van der Waals surface area contributed by atoms with Crippen molar-refractivity contribution in [1.29, 1.82) is 0 Å². The van der Waals surface area contributed by atoms with Crippen molar-refractivity contribution in [2.24, 2.45) is 0 Å². The number of imidazole rings is 1. The Morgan fingerprint density at radius 1 is 0.562 bits per heavy atom. The lowest BCUT2D eigenvalue weighted by Crippen LogP contribution is -2.46. The number of amides is 1. The summed E-state index contributed by atoms with van der Waals surface area (Å²) in [5.74, 6) is 2.46. The SMILES string of the molecule is COc1ccc(C(OC[C@H]2O[C@@H](n3cnc4c(NC(=O)c5ccccc5)ncnc43)[C@H](O)[C@@H]2OC(c2ccccc2)(c2ccc(OC)cc2)c2ccc(OC)cc2)(c2ccccc2)c2ccc(OC)cc2)cc1. The Balaban J connectivity index is 1.14. The van der Waals surface area contributed by atoms with Crippen LogP contribution in [-0.2, 0) is 25.4 Å². The van der Waals surface area contributed by atoms with Gasteiger partial charge in [-0.3, -0.25) is 9.36 Å². The number of carbonyl (C=O) groups excluding carboxylic acids is 1. The minimum absolute atomic E-state index is 0.124. The van der Waals surface area contributed by atoms with Crippen molar-refractivity contribution in [3.05, 3.63) is 240 Å². The molecule has 1 aliphatic heterocycles. The fourth-order valence-electron chi connectivity index (χ4n) is 9.64. The Kier molecular flexibility index (Phi) is 14.0. The number of aromatic nitrogens is 4. The number of aliphatic hydroxyl groups is 1. The monoisotopic (exact) mass is 975 g/mol. The predicted molar refractivity (Wildman–Crippen MR) is 275 cm³/mol. The van der Waals surface area contributed by atoms with Crippen LogP contribution < -0.4 is 24.3 Å². The Morgan fingerprint density at radius 3 is 1.45 bits per heavy atom. The third kappa shape index (κ3) is 9.24. The molecule has 2 aromatic heterocycles. The maximum Gasteiger partial charge on any atom is 0.256 e. The van der Waals surface area contributed by atoms with E-state index in [2.05, 4.69) is 15.3 Å². The molecule has 0 radical (unpaired) electrons. The second-order valence-corrected chi connectivity index (χ2v) is 17.3. The van der Waals surface area contributed by atoms with Crippen LogP contribution in [0, 0.1) is 0 Å². The van der Waals surface area contributed by atoms with E-state index in [0.29, 0.717) is 34.2 Å². The predicted octanol–water partition coefficient (Wildman–Crippen LogP) is 9.76. The zero-order valence-electron chi connectivity index (χ0n) is 40.6. The summed E-state index contributed by atoms with van der Waals surface area (Å²) in [4.78, 5) is 27.1. The highest BCUT2D eigenvalue weighted by Gasteiger charge is 2.53. The molecule has 9 aromatic rings. The number of hydrogen-bond acceptors (Lipinski definition) is 12. The molecule has 1 saturated heterocycles. The second-order valence-electron chi connectivity index (χ2n) is 17.3. The molecule has 0 bridgehead atoms. The first-order valence-electron chi connectivity index (χ1n) is 23.7. The molecule has 14 heteroatoms. The lowest BCUT2D eigenvalue weighted by molar-refractivity contribution is -0.131. The van der Waals surface area contributed by atoms with Gasteiger partial charge in [0, 0.05) is 5.56 Å². The molecule has 3 heterocycles. The number of nitrogens with zero attached hydrogens (tertiary/aromatic N) is 4. The summed E-state index contributed by atoms with van der Waals surface area (Å²) in [5.41, 5.74) is 3.07. The number of anilines is 1. The molecule has 1 aliphatic rings. The zero-order chi connectivity index (χ0) is 50.4. The lowest BCUT2D eigenvalue weighted by Gasteiger charge is -2.41. The third-order valence-corrected chi connectivity index (χ3v) is 13.3. The van der Waals surface area contributed by atoms with E-state index in [9.17, 15) is 9.90 Å². The van der Waals surface area contributed by atoms with Gasteiger partial charge in [-0.15, -0.1) is 0 Å². The number of fused-ring (bicyclic) bond motifs is 1. The summed E-state index contributed by atoms with van der Waals surface area (Å²) in [6.45, 7) is -0.124. The van der Waals surface area contributed by atoms with Gasteiger partial charge in [-0.1, -0.05) is 127 Å². The van der Waals surface area contributed by atoms with Crippen molar-refractivity contribution < 1.29 is 43.1 Å². The molecule has 10 rings (SSSR count). The Hall–Kier alpha value is -8.40. The minimum Gasteiger partial charge on any atom is -0.497 e. The van der Waals surface area contributed by atoms with Crippen LogP contribution in [0.25, 0.3) is 11.2 Å². The van der Waals surface area contributed by atoms with Crippen molar-refractivity contribution in [2.75, 3.05) is 40.4 Å². The van der Waals surface area contributed by atoms with Gasteiger partial charge in [0.15, 0.2) is 23.2 Å². The number of nitrogens with one attached hydrogen (secondary N) is 1. The Morgan fingerprint density at radius 2 is 0.986 bits per heavy atom. The number of ether oxygens (including phenoxy) is 7. The summed E-state index contributed by atoms with van der Waals surface area (Å²) in [6.07, 6.45) is -1.81. The maximum absolute atomic E-state index is 13.4. The van der Waals surface area contributed by atoms with Crippen LogP contribution in [0.2, 0.25) is 0 Å². The first-order valence-corrected chi connectivity index (χ1v) is 23.7. The standard InChI is InChI=1S/C59H53N5O9/c1-67-46-28-20-42(21-29-46)58(40-16-10-6-11-17-40,43-22-30-47(68-2)31-23-43)71-36-50-53(52(65)57(72-50)64-38-62-51-54(60-37-61-55(51)64)63-56(66)39-14-8-5-9-15-39)73-59(41-18-12-7-13-19-41,44-24-32-48(69-3)33-25-44)45-26-34-49(70-4)35-27-45/h5-35,37-38,50,52-53,57,65H,36H2,1-4H3,(H,60,61,63,66)/t50-,52-,53-,57-/m1/s1. The number of carbonyl (C=O) groups is 1. The normalized spacial score (nSPS) is 16.7. The molecular formula is C59H53N5O9. The highest BCUT2D eigenvalue weighted by Crippen LogP contribution is 2.48. The molecule has 2 N–H and O–H groups in total. The molecule has 73 heavy (non-hydrogen) atoms. The summed E-state index contributed by atoms with van der Waals surface area (Å²) >= 11 is 0. The molecule has 1 fully saturated rings. The number of aliphatic hydroxyl groups excluding tert-OH is 1. The van der Waals surface area contributed by atoms with Crippen LogP contribution in [0.3, 0.4) is 0 Å². The largest absolute Gasteiger partial charge is 0.497 e. The van der Waals surface area contributed by atoms with Crippen LogP contribution in [-0.4, -0.2) is 83.9 Å². The first kappa shape index (κ1) is 48.2. The molecular weight excluding hydrogens is 923 g/mol. The van der Waals surface area contributed by atoms with E-state index < -0.39 is 35.7 Å². The van der Waals surface area contributed by atoms with Crippen LogP contribution in [0.4, 0.5) is 5.82 Å². The molecule has 7 aromatic carbocycles. The first-order chi connectivity index (χ1) is 35.8. The van der Waals surface area contributed by atoms with E-state index in [0.717, 1.165) is 33.4 Å². The quantitative estimate of drug-likeness (QED) is 0.0786. The van der Waals surface area contributed by atoms with Gasteiger partial charge in [-0.05, 0) is 94.0 Å². The molecule has 0 unspecified atom stereocenters. The molecule has 14 nitrogen and oxygen atoms in total. The molecule has 368 valence electrons. The molecule has 4 atom stereocenters. The van der Waals surface area contributed by atoms with Gasteiger partial charge in [-0.25, -0.2) is 15.0 Å². The maximum atomic E-state index is 13.4. The molecule has 0 spiro atoms. The van der Waals surface area contributed by atoms with Crippen LogP contribution >= 0.6 is 0 Å². The Labute approximate surface area is 422 Å². The van der Waals surface area contributed by atoms with Crippen LogP contribution in [0.15, 0.2) is 201 Å². The molecule has 1 amide bonds. The molecule has 0 aliphatic carbocycles. The summed E-state index contributed by atoms with van der Waals surface area (Å²) in [7, 11) is 6.50. The van der Waals surface area contributed by atoms with Crippen molar-refractivity contribution in [3.63, 3.8) is 0 Å². The van der Waals surface area contributed by atoms with Crippen molar-refractivity contribution >= 4 is 22.9 Å². The number of rotatable bonds is 18. The van der Waals surface area contributed by atoms with E-state index in [-0.39, 0.29) is 23.8 Å². The van der Waals surface area contributed by atoms with Gasteiger partial charge in [0.2, 0.25) is 0 Å². The fraction of sp³-hybridized carbons (Fsp3) is 0.186. The van der Waals surface area contributed by atoms with Crippen molar-refractivity contribution in [2.45, 2.75) is 35.7 Å². The van der Waals surface area contributed by atoms with E-state index in [1.54, 1.807) is 57.3 Å². The average molecular weight is 976 g/mol. The molecule has 0 saturated carbocycles. The smallest absolute Gasteiger partial charge is 0.256 e. The summed E-state index contributed by atoms with van der Waals surface area (Å²) in [5, 5.41) is 16.0. The van der Waals surface area contributed by atoms with Gasteiger partial charge in [0.1, 0.15) is 58.8 Å². The average Bonchev–Trinajstić information content (AvgIpc) is 4.03. The topological polar surface area (TPSA) is 158 Å². The third-order valence-electron chi connectivity index (χ3n) is 13.3. The lowest BCUT2D eigenvalue weighted by atomic mass is 9.79. The van der Waals surface area contributed by atoms with Gasteiger partial charge < -0.3 is 43.6 Å². The van der Waals surface area contributed by atoms with Gasteiger partial charge >= 0.3 is 0 Å². The van der Waals surface area contributed by atoms with E-state index >= 15 is 0 Å². The van der Waals surface area contributed by atoms with E-state index in [1.165, 1.54) is 12.7 Å². The number of methoxy groups -OCH3 is 4. The van der Waals surface area contributed by atoms with Crippen molar-refractivity contribution in [3.8, 4) is 23.0 Å². The number of hydrogen-bond donors (Lipinski definition) is 2. The van der Waals surface area contributed by atoms with Crippen molar-refractivity contribution in [1.82, 2.24) is 19.5 Å². The van der Waals surface area contributed by atoms with E-state index in [1.807, 2.05) is 164 Å². The summed E-state index contributed by atoms with van der Waals surface area (Å²) in [6, 6.07) is 59.5. The summed E-state index contributed by atoms with van der Waals surface area (Å²) < 4.78 is 46.6. The minimum atomic E-state index is -1.39. The van der Waals surface area contributed by atoms with Gasteiger partial charge in [0.25, 0.3) is 5.91 Å². The van der Waals surface area contributed by atoms with Crippen LogP contribution in [0.1, 0.15) is 50.0 Å². The number of benzene rings is 7. The zero-order valence-corrected chi connectivity index (χ0v) is 40.6. The highest BCUT2D eigenvalue weighted by molar-refractivity contribution is 6.06. The highest BCUT2D eigenvalue weighted by atomic mass is 16.6. The second kappa shape index (κ2) is 21.1. The van der Waals surface area contributed by atoms with Gasteiger partial charge in [-0.2, -0.15) is 0 Å². The van der Waals surface area contributed by atoms with E-state index in [4.69, 9.17) is 38.1 Å². The fourth-order valence-corrected chi connectivity index (χ4v) is 9.64.